The molecule has 2 aliphatic heterocycles. The first-order valence-corrected chi connectivity index (χ1v) is 24.8. The number of nitrogens with zero attached hydrogens (tertiary/aromatic N) is 5. The van der Waals surface area contributed by atoms with E-state index >= 15 is 0 Å². The molecular weight excluding hydrogens is 1030 g/mol. The molecule has 2 aliphatic rings. The number of aliphatic hydroxyl groups excluding tert-OH is 4. The van der Waals surface area contributed by atoms with Gasteiger partial charge < -0.3 is 79.9 Å². The number of imide groups is 1. The molecule has 0 saturated carbocycles. The molecule has 4 rings (SSSR count). The number of aromatic nitrogens is 3. The quantitative estimate of drug-likeness (QED) is 0.0238. The molecule has 76 heavy (non-hydrogen) atoms. The largest absolute Gasteiger partial charge is 0.480 e. The number of aliphatic carboxylic acids is 2. The number of carbonyl (C=O) groups is 8. The van der Waals surface area contributed by atoms with Crippen molar-refractivity contribution in [2.24, 2.45) is 0 Å². The van der Waals surface area contributed by atoms with Gasteiger partial charge in [0.15, 0.2) is 0 Å². The minimum absolute atomic E-state index is 0.0919. The SMILES string of the molecule is O=C(O)CN(Cc1cn(CCOCCOCCOCCOCCC(=O)NCCN2C(=O)C=CC2=O)nn1)C(=O)CCCCCO[C@@]1(C(=O)O)C[C@@H](O)[C@H](NC(=O)CO)[C@@H]([C@@H](O)[C@@H](O)CNC(=O)Cc2ccc(Cl)cc2)O1. The Labute approximate surface area is 441 Å². The summed E-state index contributed by atoms with van der Waals surface area (Å²) in [5.41, 5.74) is 0.924. The molecule has 1 saturated heterocycles. The Morgan fingerprint density at radius 3 is 2.09 bits per heavy atom. The fourth-order valence-electron chi connectivity index (χ4n) is 7.55. The van der Waals surface area contributed by atoms with Crippen LogP contribution in [0.3, 0.4) is 0 Å². The van der Waals surface area contributed by atoms with E-state index in [0.29, 0.717) is 49.3 Å². The molecule has 0 aliphatic carbocycles. The first-order chi connectivity index (χ1) is 36.4. The summed E-state index contributed by atoms with van der Waals surface area (Å²) >= 11 is 5.89. The molecule has 2 aromatic rings. The van der Waals surface area contributed by atoms with Crippen LogP contribution in [0.5, 0.6) is 0 Å². The summed E-state index contributed by atoms with van der Waals surface area (Å²) in [5, 5.41) is 78.0. The van der Waals surface area contributed by atoms with Gasteiger partial charge in [0.2, 0.25) is 23.6 Å². The maximum absolute atomic E-state index is 13.2. The van der Waals surface area contributed by atoms with E-state index in [1.807, 2.05) is 0 Å². The lowest BCUT2D eigenvalue weighted by atomic mass is 9.88. The van der Waals surface area contributed by atoms with Crippen molar-refractivity contribution in [1.82, 2.24) is 40.7 Å². The Kier molecular flexibility index (Phi) is 27.3. The van der Waals surface area contributed by atoms with E-state index in [2.05, 4.69) is 26.3 Å². The normalized spacial score (nSPS) is 19.1. The van der Waals surface area contributed by atoms with Gasteiger partial charge >= 0.3 is 11.9 Å². The van der Waals surface area contributed by atoms with Crippen LogP contribution in [0.4, 0.5) is 0 Å². The van der Waals surface area contributed by atoms with Crippen LogP contribution in [-0.2, 0) is 86.3 Å². The third-order valence-corrected chi connectivity index (χ3v) is 11.7. The maximum atomic E-state index is 13.2. The molecule has 1 aromatic heterocycles. The molecule has 0 unspecified atom stereocenters. The summed E-state index contributed by atoms with van der Waals surface area (Å²) in [5.74, 6) is -8.71. The zero-order chi connectivity index (χ0) is 55.5. The van der Waals surface area contributed by atoms with Crippen LogP contribution in [0.1, 0.15) is 49.8 Å². The van der Waals surface area contributed by atoms with Gasteiger partial charge in [-0.05, 0) is 30.5 Å². The van der Waals surface area contributed by atoms with Gasteiger partial charge in [-0.25, -0.2) is 9.48 Å². The number of aliphatic hydroxyl groups is 4. The lowest BCUT2D eigenvalue weighted by Gasteiger charge is -2.46. The van der Waals surface area contributed by atoms with Gasteiger partial charge in [-0.3, -0.25) is 38.5 Å². The first-order valence-electron chi connectivity index (χ1n) is 24.4. The van der Waals surface area contributed by atoms with Crippen molar-refractivity contribution in [2.45, 2.75) is 94.3 Å². The van der Waals surface area contributed by atoms with Crippen LogP contribution in [0.15, 0.2) is 42.6 Å². The van der Waals surface area contributed by atoms with E-state index < -0.39 is 104 Å². The molecule has 1 fully saturated rings. The summed E-state index contributed by atoms with van der Waals surface area (Å²) < 4.78 is 34.7. The Morgan fingerprint density at radius 2 is 1.46 bits per heavy atom. The van der Waals surface area contributed by atoms with E-state index in [1.54, 1.807) is 30.5 Å². The number of unbranched alkanes of at least 4 members (excludes halogenated alkanes) is 2. The van der Waals surface area contributed by atoms with Crippen molar-refractivity contribution in [1.29, 1.82) is 0 Å². The maximum Gasteiger partial charge on any atom is 0.364 e. The lowest BCUT2D eigenvalue weighted by Crippen LogP contribution is -2.68. The van der Waals surface area contributed by atoms with Crippen molar-refractivity contribution >= 4 is 59.0 Å². The average molecular weight is 1100 g/mol. The minimum Gasteiger partial charge on any atom is -0.480 e. The van der Waals surface area contributed by atoms with Gasteiger partial charge in [-0.15, -0.1) is 5.10 Å². The van der Waals surface area contributed by atoms with Crippen LogP contribution in [0.2, 0.25) is 5.02 Å². The van der Waals surface area contributed by atoms with Crippen LogP contribution in [0, 0.1) is 0 Å². The molecule has 0 radical (unpaired) electrons. The van der Waals surface area contributed by atoms with Gasteiger partial charge in [0.1, 0.15) is 31.1 Å². The molecule has 6 amide bonds. The smallest absolute Gasteiger partial charge is 0.364 e. The molecule has 1 aromatic carbocycles. The highest BCUT2D eigenvalue weighted by Crippen LogP contribution is 2.34. The highest BCUT2D eigenvalue weighted by Gasteiger charge is 2.56. The second-order valence-electron chi connectivity index (χ2n) is 17.3. The second kappa shape index (κ2) is 33.2. The summed E-state index contributed by atoms with van der Waals surface area (Å²) in [6.45, 7) is 0.0541. The molecule has 0 bridgehead atoms. The summed E-state index contributed by atoms with van der Waals surface area (Å²) in [7, 11) is 0. The molecule has 6 atom stereocenters. The van der Waals surface area contributed by atoms with E-state index in [9.17, 15) is 69.0 Å². The number of carbonyl (C=O) groups excluding carboxylic acids is 6. The Bertz CT molecular complexity index is 2220. The van der Waals surface area contributed by atoms with Gasteiger partial charge in [0.05, 0.1) is 103 Å². The van der Waals surface area contributed by atoms with E-state index in [0.717, 1.165) is 9.80 Å². The van der Waals surface area contributed by atoms with Gasteiger partial charge in [0, 0.05) is 56.1 Å². The molecule has 0 spiro atoms. The summed E-state index contributed by atoms with van der Waals surface area (Å²) in [6.07, 6.45) is -3.67. The van der Waals surface area contributed by atoms with Crippen LogP contribution >= 0.6 is 11.6 Å². The predicted octanol–water partition coefficient (Wildman–Crippen LogP) is -3.09. The van der Waals surface area contributed by atoms with Crippen LogP contribution in [-0.4, -0.2) is 231 Å². The topological polar surface area (TPSA) is 387 Å². The number of hydrogen-bond donors (Lipinski definition) is 9. The standard InChI is InChI=1S/C47H67ClN8O20/c48-32-7-5-31(6-8-32)24-37(61)50-26-35(59)44(68)45-43(51-38(62)30-57)34(58)25-47(76-45,46(69)70)75-15-3-1-2-4-39(63)54(29-42(66)67)27-33-28-55(53-52-33)14-17-72-19-21-74-23-22-73-20-18-71-16-11-36(60)49-12-13-56-40(64)9-10-41(56)65/h5-10,28,34-35,43-45,57-59,68H,1-4,11-27,29-30H2,(H,49,60)(H,50,61)(H,51,62)(H,66,67)(H,69,70)/t34-,35+,43+,44+,45+,47+/m1/s1. The monoisotopic (exact) mass is 1100 g/mol. The number of benzene rings is 1. The predicted molar refractivity (Wildman–Crippen MR) is 259 cm³/mol. The summed E-state index contributed by atoms with van der Waals surface area (Å²) in [6, 6.07) is 4.87. The second-order valence-corrected chi connectivity index (χ2v) is 17.8. The summed E-state index contributed by atoms with van der Waals surface area (Å²) in [4.78, 5) is 99.2. The van der Waals surface area contributed by atoms with Gasteiger partial charge in [0.25, 0.3) is 17.6 Å². The highest BCUT2D eigenvalue weighted by molar-refractivity contribution is 6.30. The molecule has 3 heterocycles. The number of rotatable bonds is 38. The number of amides is 6. The number of nitrogens with one attached hydrogen (secondary N) is 3. The number of carboxylic acids is 2. The lowest BCUT2D eigenvalue weighted by molar-refractivity contribution is -0.310. The number of carboxylic acid groups (broad SMARTS) is 2. The van der Waals surface area contributed by atoms with E-state index in [-0.39, 0.29) is 97.1 Å². The van der Waals surface area contributed by atoms with Crippen molar-refractivity contribution in [3.8, 4) is 0 Å². The first kappa shape index (κ1) is 62.5. The molecule has 9 N–H and O–H groups in total. The number of hydrogen-bond acceptors (Lipinski definition) is 20. The Hall–Kier alpha value is -6.05. The van der Waals surface area contributed by atoms with Crippen molar-refractivity contribution in [2.75, 3.05) is 92.2 Å². The zero-order valence-electron chi connectivity index (χ0n) is 41.7. The third kappa shape index (κ3) is 21.9. The van der Waals surface area contributed by atoms with E-state index in [4.69, 9.17) is 40.0 Å². The zero-order valence-corrected chi connectivity index (χ0v) is 42.5. The molecular formula is C47H67ClN8O20. The van der Waals surface area contributed by atoms with Crippen molar-refractivity contribution in [3.05, 3.63) is 58.9 Å². The van der Waals surface area contributed by atoms with E-state index in [1.165, 1.54) is 16.8 Å². The van der Waals surface area contributed by atoms with Gasteiger partial charge in [-0.2, -0.15) is 0 Å². The number of halogens is 1. The Balaban J connectivity index is 1.10. The highest BCUT2D eigenvalue weighted by atomic mass is 35.5. The minimum atomic E-state index is -2.60. The molecule has 29 heteroatoms. The van der Waals surface area contributed by atoms with Crippen LogP contribution in [0.25, 0.3) is 0 Å². The Morgan fingerprint density at radius 1 is 0.816 bits per heavy atom. The fourth-order valence-corrected chi connectivity index (χ4v) is 7.67. The average Bonchev–Trinajstić information content (AvgIpc) is 3.98. The number of ether oxygens (including phenoxy) is 6. The van der Waals surface area contributed by atoms with Gasteiger partial charge in [-0.1, -0.05) is 35.4 Å². The van der Waals surface area contributed by atoms with Crippen molar-refractivity contribution < 1.29 is 97.4 Å². The molecule has 422 valence electrons. The fraction of sp³-hybridized carbons (Fsp3) is 0.617. The van der Waals surface area contributed by atoms with Crippen molar-refractivity contribution in [3.63, 3.8) is 0 Å². The molecule has 28 nitrogen and oxygen atoms in total. The van der Waals surface area contributed by atoms with Crippen LogP contribution < -0.4 is 16.0 Å². The third-order valence-electron chi connectivity index (χ3n) is 11.5.